The highest BCUT2D eigenvalue weighted by Gasteiger charge is 2.33. The summed E-state index contributed by atoms with van der Waals surface area (Å²) in [5, 5.41) is 16.9. The number of carbonyl (C=O) groups excluding carboxylic acids is 2. The molecule has 4 rings (SSSR count). The molecule has 11 nitrogen and oxygen atoms in total. The summed E-state index contributed by atoms with van der Waals surface area (Å²) in [4.78, 5) is 31.9. The van der Waals surface area contributed by atoms with E-state index in [1.165, 1.54) is 6.33 Å². The summed E-state index contributed by atoms with van der Waals surface area (Å²) in [6.07, 6.45) is 3.82. The van der Waals surface area contributed by atoms with Crippen LogP contribution in [0, 0.1) is 0 Å². The zero-order valence-corrected chi connectivity index (χ0v) is 20.2. The number of ether oxygens (including phenoxy) is 1. The number of hydrogen-bond donors (Lipinski definition) is 3. The van der Waals surface area contributed by atoms with Crippen molar-refractivity contribution < 1.29 is 14.3 Å². The van der Waals surface area contributed by atoms with Crippen LogP contribution in [0.2, 0.25) is 5.02 Å². The Bertz CT molecular complexity index is 1150. The molecule has 2 aromatic heterocycles. The number of amides is 3. The Kier molecular flexibility index (Phi) is 7.78. The van der Waals surface area contributed by atoms with Gasteiger partial charge in [0.1, 0.15) is 12.1 Å². The van der Waals surface area contributed by atoms with E-state index in [0.29, 0.717) is 41.9 Å². The zero-order chi connectivity index (χ0) is 24.8. The van der Waals surface area contributed by atoms with Crippen LogP contribution in [-0.4, -0.2) is 69.4 Å². The molecular formula is C23H27ClN8O3. The number of rotatable bonds is 7. The smallest absolute Gasteiger partial charge is 0.319 e. The van der Waals surface area contributed by atoms with Gasteiger partial charge in [0.25, 0.3) is 0 Å². The average Bonchev–Trinajstić information content (AvgIpc) is 3.25. The number of nitrogens with zero attached hydrogens (tertiary/aromatic N) is 5. The van der Waals surface area contributed by atoms with Crippen molar-refractivity contribution in [3.8, 4) is 5.75 Å². The van der Waals surface area contributed by atoms with Crippen molar-refractivity contribution >= 4 is 35.2 Å². The highest BCUT2D eigenvalue weighted by atomic mass is 35.5. The standard InChI is InChI=1S/C23H27ClN8O3/c1-31-14-26-30-22(31)29-21(33)13-32-10-9-20(18(12-32)19-8-7-17(35-2)11-25-19)28-23(34)27-16-5-3-15(24)4-6-16/h3-8,11,14,18,20H,9-10,12-13H2,1-2H3,(H2,27,28,34)(H,29,30,33)/t18-,20+/m0/s1. The minimum absolute atomic E-state index is 0.131. The predicted molar refractivity (Wildman–Crippen MR) is 132 cm³/mol. The first-order chi connectivity index (χ1) is 16.9. The van der Waals surface area contributed by atoms with Crippen molar-refractivity contribution in [3.63, 3.8) is 0 Å². The largest absolute Gasteiger partial charge is 0.495 e. The Morgan fingerprint density at radius 1 is 1.17 bits per heavy atom. The highest BCUT2D eigenvalue weighted by molar-refractivity contribution is 6.30. The number of carbonyl (C=O) groups is 2. The summed E-state index contributed by atoms with van der Waals surface area (Å²) in [5.74, 6) is 0.718. The number of hydrogen-bond acceptors (Lipinski definition) is 7. The van der Waals surface area contributed by atoms with Crippen LogP contribution in [-0.2, 0) is 11.8 Å². The maximum absolute atomic E-state index is 12.7. The molecule has 1 aromatic carbocycles. The second kappa shape index (κ2) is 11.2. The van der Waals surface area contributed by atoms with E-state index in [2.05, 4.69) is 31.1 Å². The van der Waals surface area contributed by atoms with E-state index in [0.717, 1.165) is 5.69 Å². The van der Waals surface area contributed by atoms with E-state index in [1.807, 2.05) is 17.0 Å². The molecule has 0 unspecified atom stereocenters. The number of likely N-dealkylation sites (tertiary alicyclic amines) is 1. The molecule has 12 heteroatoms. The third-order valence-corrected chi connectivity index (χ3v) is 6.07. The van der Waals surface area contributed by atoms with Crippen LogP contribution in [0.3, 0.4) is 0 Å². The van der Waals surface area contributed by atoms with E-state index in [4.69, 9.17) is 16.3 Å². The lowest BCUT2D eigenvalue weighted by molar-refractivity contribution is -0.117. The SMILES string of the molecule is COc1ccc([C@@H]2CN(CC(=O)Nc3nncn3C)CC[C@H]2NC(=O)Nc2ccc(Cl)cc2)nc1. The minimum atomic E-state index is -0.315. The molecule has 3 aromatic rings. The molecule has 3 N–H and O–H groups in total. The summed E-state index contributed by atoms with van der Waals surface area (Å²) in [6, 6.07) is 10.1. The number of anilines is 2. The molecule has 0 aliphatic carbocycles. The minimum Gasteiger partial charge on any atom is -0.495 e. The topological polar surface area (TPSA) is 126 Å². The Hall–Kier alpha value is -3.70. The monoisotopic (exact) mass is 498 g/mol. The normalized spacial score (nSPS) is 18.0. The van der Waals surface area contributed by atoms with Crippen molar-refractivity contribution in [1.29, 1.82) is 0 Å². The van der Waals surface area contributed by atoms with Gasteiger partial charge in [-0.1, -0.05) is 11.6 Å². The molecule has 1 saturated heterocycles. The molecule has 0 radical (unpaired) electrons. The summed E-state index contributed by atoms with van der Waals surface area (Å²) < 4.78 is 6.86. The third kappa shape index (κ3) is 6.46. The summed E-state index contributed by atoms with van der Waals surface area (Å²) >= 11 is 5.92. The Morgan fingerprint density at radius 2 is 1.97 bits per heavy atom. The Labute approximate surface area is 207 Å². The molecule has 2 atom stereocenters. The van der Waals surface area contributed by atoms with E-state index in [9.17, 15) is 9.59 Å². The number of nitrogens with one attached hydrogen (secondary N) is 3. The van der Waals surface area contributed by atoms with E-state index in [-0.39, 0.29) is 30.4 Å². The first-order valence-electron chi connectivity index (χ1n) is 11.1. The second-order valence-electron chi connectivity index (χ2n) is 8.28. The number of methoxy groups -OCH3 is 1. The predicted octanol–water partition coefficient (Wildman–Crippen LogP) is 2.49. The number of aromatic nitrogens is 4. The van der Waals surface area contributed by atoms with Gasteiger partial charge in [-0.2, -0.15) is 0 Å². The lowest BCUT2D eigenvalue weighted by Crippen LogP contribution is -2.52. The number of halogens is 1. The molecule has 3 heterocycles. The van der Waals surface area contributed by atoms with Crippen molar-refractivity contribution in [2.24, 2.45) is 7.05 Å². The van der Waals surface area contributed by atoms with Crippen LogP contribution >= 0.6 is 11.6 Å². The number of urea groups is 1. The molecular weight excluding hydrogens is 472 g/mol. The molecule has 35 heavy (non-hydrogen) atoms. The molecule has 1 fully saturated rings. The maximum atomic E-state index is 12.7. The van der Waals surface area contributed by atoms with Crippen LogP contribution in [0.15, 0.2) is 48.9 Å². The van der Waals surface area contributed by atoms with Crippen molar-refractivity contribution in [2.75, 3.05) is 37.4 Å². The summed E-state index contributed by atoms with van der Waals surface area (Å²) in [6.45, 7) is 1.35. The van der Waals surface area contributed by atoms with E-state index >= 15 is 0 Å². The molecule has 0 saturated carbocycles. The van der Waals surface area contributed by atoms with Gasteiger partial charge in [-0.3, -0.25) is 20.0 Å². The summed E-state index contributed by atoms with van der Waals surface area (Å²) in [7, 11) is 3.34. The number of benzene rings is 1. The average molecular weight is 499 g/mol. The fourth-order valence-corrected chi connectivity index (χ4v) is 4.13. The van der Waals surface area contributed by atoms with Gasteiger partial charge < -0.3 is 19.9 Å². The van der Waals surface area contributed by atoms with E-state index < -0.39 is 0 Å². The van der Waals surface area contributed by atoms with Crippen LogP contribution in [0.25, 0.3) is 0 Å². The molecule has 184 valence electrons. The first-order valence-corrected chi connectivity index (χ1v) is 11.5. The third-order valence-electron chi connectivity index (χ3n) is 5.82. The Morgan fingerprint density at radius 3 is 2.63 bits per heavy atom. The van der Waals surface area contributed by atoms with Crippen LogP contribution in [0.5, 0.6) is 5.75 Å². The van der Waals surface area contributed by atoms with Crippen LogP contribution in [0.1, 0.15) is 18.0 Å². The second-order valence-corrected chi connectivity index (χ2v) is 8.72. The van der Waals surface area contributed by atoms with Gasteiger partial charge in [-0.15, -0.1) is 10.2 Å². The number of pyridine rings is 1. The van der Waals surface area contributed by atoms with Crippen molar-refractivity contribution in [2.45, 2.75) is 18.4 Å². The highest BCUT2D eigenvalue weighted by Crippen LogP contribution is 2.27. The maximum Gasteiger partial charge on any atom is 0.319 e. The zero-order valence-electron chi connectivity index (χ0n) is 19.4. The van der Waals surface area contributed by atoms with Crippen LogP contribution in [0.4, 0.5) is 16.4 Å². The fraction of sp³-hybridized carbons (Fsp3) is 0.348. The van der Waals surface area contributed by atoms with Gasteiger partial charge in [0.2, 0.25) is 11.9 Å². The van der Waals surface area contributed by atoms with Crippen molar-refractivity contribution in [1.82, 2.24) is 30.0 Å². The van der Waals surface area contributed by atoms with E-state index in [1.54, 1.807) is 49.2 Å². The van der Waals surface area contributed by atoms with Gasteiger partial charge in [-0.05, 0) is 42.8 Å². The number of piperidine rings is 1. The fourth-order valence-electron chi connectivity index (χ4n) is 4.00. The lowest BCUT2D eigenvalue weighted by atomic mass is 9.88. The lowest BCUT2D eigenvalue weighted by Gasteiger charge is -2.38. The Balaban J connectivity index is 1.43. The molecule has 1 aliphatic heterocycles. The van der Waals surface area contributed by atoms with Gasteiger partial charge in [-0.25, -0.2) is 4.79 Å². The molecule has 0 spiro atoms. The van der Waals surface area contributed by atoms with Gasteiger partial charge >= 0.3 is 6.03 Å². The van der Waals surface area contributed by atoms with Crippen molar-refractivity contribution in [3.05, 3.63) is 59.6 Å². The number of aryl methyl sites for hydroxylation is 1. The first kappa shape index (κ1) is 24.4. The van der Waals surface area contributed by atoms with Crippen LogP contribution < -0.4 is 20.7 Å². The quantitative estimate of drug-likeness (QED) is 0.456. The molecule has 1 aliphatic rings. The molecule has 3 amide bonds. The summed E-state index contributed by atoms with van der Waals surface area (Å²) in [5.41, 5.74) is 1.45. The van der Waals surface area contributed by atoms with Gasteiger partial charge in [0.15, 0.2) is 0 Å². The van der Waals surface area contributed by atoms with Gasteiger partial charge in [0, 0.05) is 48.5 Å². The molecule has 0 bridgehead atoms. The van der Waals surface area contributed by atoms with Gasteiger partial charge in [0.05, 0.1) is 19.9 Å².